The molecule has 3 saturated heterocycles. The van der Waals surface area contributed by atoms with E-state index >= 15 is 0 Å². The summed E-state index contributed by atoms with van der Waals surface area (Å²) in [7, 11) is 7.28. The van der Waals surface area contributed by atoms with Crippen LogP contribution in [0.1, 0.15) is 74.7 Å². The van der Waals surface area contributed by atoms with Crippen LogP contribution in [-0.4, -0.2) is 134 Å². The summed E-state index contributed by atoms with van der Waals surface area (Å²) in [5.74, 6) is -3.35. The lowest BCUT2D eigenvalue weighted by atomic mass is 9.73. The molecule has 0 aromatic rings. The van der Waals surface area contributed by atoms with Crippen molar-refractivity contribution in [3.05, 3.63) is 0 Å². The molecule has 0 unspecified atom stereocenters. The van der Waals surface area contributed by atoms with Gasteiger partial charge in [0.1, 0.15) is 31.0 Å². The molecule has 3 aliphatic heterocycles. The van der Waals surface area contributed by atoms with Gasteiger partial charge in [-0.25, -0.2) is 0 Å². The molecule has 3 rings (SSSR count). The van der Waals surface area contributed by atoms with E-state index in [-0.39, 0.29) is 43.5 Å². The zero-order valence-electron chi connectivity index (χ0n) is 30.0. The molecule has 3 aliphatic rings. The molecule has 12 nitrogen and oxygen atoms in total. The molecule has 2 bridgehead atoms. The molecular weight excluding hydrogens is 596 g/mol. The Morgan fingerprint density at radius 2 is 1.72 bits per heavy atom. The number of methoxy groups -OCH3 is 1. The summed E-state index contributed by atoms with van der Waals surface area (Å²) in [6.45, 7) is 14.0. The van der Waals surface area contributed by atoms with Gasteiger partial charge in [-0.1, -0.05) is 27.7 Å². The third kappa shape index (κ3) is 8.19. The van der Waals surface area contributed by atoms with Gasteiger partial charge in [0.25, 0.3) is 0 Å². The number of cyclic esters (lactones) is 1. The van der Waals surface area contributed by atoms with E-state index in [4.69, 9.17) is 28.4 Å². The first-order chi connectivity index (χ1) is 21.4. The van der Waals surface area contributed by atoms with Gasteiger partial charge in [-0.2, -0.15) is 0 Å². The zero-order valence-corrected chi connectivity index (χ0v) is 30.0. The first-order valence-corrected chi connectivity index (χ1v) is 16.8. The van der Waals surface area contributed by atoms with Crippen molar-refractivity contribution in [3.8, 4) is 0 Å². The van der Waals surface area contributed by atoms with Crippen LogP contribution in [-0.2, 0) is 38.0 Å². The van der Waals surface area contributed by atoms with Crippen LogP contribution < -0.4 is 0 Å². The lowest BCUT2D eigenvalue weighted by Gasteiger charge is -2.49. The van der Waals surface area contributed by atoms with Gasteiger partial charge in [0, 0.05) is 37.7 Å². The molecule has 2 N–H and O–H groups in total. The summed E-state index contributed by atoms with van der Waals surface area (Å²) >= 11 is 0. The van der Waals surface area contributed by atoms with Crippen LogP contribution >= 0.6 is 0 Å². The molecule has 3 fully saturated rings. The van der Waals surface area contributed by atoms with Gasteiger partial charge in [-0.3, -0.25) is 14.6 Å². The quantitative estimate of drug-likeness (QED) is 0.421. The second-order valence-corrected chi connectivity index (χ2v) is 14.5. The number of nitrogens with zero attached hydrogens (tertiary/aromatic N) is 2. The van der Waals surface area contributed by atoms with E-state index in [1.807, 2.05) is 41.8 Å². The fourth-order valence-corrected chi connectivity index (χ4v) is 7.98. The maximum atomic E-state index is 13.6. The van der Waals surface area contributed by atoms with Crippen molar-refractivity contribution >= 4 is 17.5 Å². The fraction of sp³-hybridized carbons (Fsp3) is 0.912. The number of fused-ring (bicyclic) bond motifs is 5. The summed E-state index contributed by atoms with van der Waals surface area (Å²) in [6.07, 6.45) is -4.12. The van der Waals surface area contributed by atoms with Gasteiger partial charge < -0.3 is 43.5 Å². The lowest BCUT2D eigenvalue weighted by molar-refractivity contribution is -0.306. The standard InChI is InChI=1S/C34H60N2O10/c1-13-25-34(8,40)30-20(4)26(35-9)18(2)15-33(7,43-17-23(37)16-42-30)29(21(5)27(38)22(6)31(39)45-25)46-32-28(41-12)24(36(10)11)14-19(3)44-32/h18-22,24-25,27-30,32,38,40H,13-17H2,1-12H3/b35-26+/t18-,19-,20+,21+,22-,24+,25-,27+,28-,29-,30-,32+,33-,34-/m1/s1. The van der Waals surface area contributed by atoms with Gasteiger partial charge in [-0.15, -0.1) is 0 Å². The van der Waals surface area contributed by atoms with Crippen LogP contribution in [0, 0.1) is 23.7 Å². The van der Waals surface area contributed by atoms with Crippen LogP contribution in [0.25, 0.3) is 0 Å². The highest BCUT2D eigenvalue weighted by Crippen LogP contribution is 2.40. The Bertz CT molecular complexity index is 1070. The maximum Gasteiger partial charge on any atom is 0.311 e. The van der Waals surface area contributed by atoms with Crippen molar-refractivity contribution in [2.24, 2.45) is 28.7 Å². The number of Topliss-reactive ketones (excluding diaryl/α,β-unsaturated/α-hetero) is 1. The minimum Gasteiger partial charge on any atom is -0.459 e. The van der Waals surface area contributed by atoms with Crippen LogP contribution in [0.5, 0.6) is 0 Å². The van der Waals surface area contributed by atoms with Crippen LogP contribution in [0.2, 0.25) is 0 Å². The first-order valence-electron chi connectivity index (χ1n) is 16.8. The smallest absolute Gasteiger partial charge is 0.311 e. The van der Waals surface area contributed by atoms with Crippen LogP contribution in [0.15, 0.2) is 4.99 Å². The fourth-order valence-electron chi connectivity index (χ4n) is 7.98. The van der Waals surface area contributed by atoms with Gasteiger partial charge in [-0.05, 0) is 67.0 Å². The van der Waals surface area contributed by atoms with Gasteiger partial charge in [0.05, 0.1) is 35.9 Å². The third-order valence-corrected chi connectivity index (χ3v) is 10.5. The monoisotopic (exact) mass is 656 g/mol. The Labute approximate surface area is 275 Å². The SMILES string of the molecule is CC[C@H]1OC(=O)[C@H](C)[C@@H](O)[C@H](C)[C@@H](O[C@@H]2O[C@H](C)C[C@H](N(C)C)[C@H]2OC)[C@@]2(C)C[C@@H](C)/C(=N\C)[C@H](C)[C@@H](OCC(=O)CO2)[C@]1(C)O. The highest BCUT2D eigenvalue weighted by Gasteiger charge is 2.53. The zero-order chi connectivity index (χ0) is 34.7. The Hall–Kier alpha value is -1.51. The molecule has 0 aromatic heterocycles. The predicted octanol–water partition coefficient (Wildman–Crippen LogP) is 2.65. The molecule has 0 spiro atoms. The number of esters is 1. The van der Waals surface area contributed by atoms with Gasteiger partial charge in [0.15, 0.2) is 12.1 Å². The van der Waals surface area contributed by atoms with Crippen molar-refractivity contribution in [2.75, 3.05) is 41.5 Å². The summed E-state index contributed by atoms with van der Waals surface area (Å²) in [4.78, 5) is 33.7. The van der Waals surface area contributed by atoms with E-state index in [2.05, 4.69) is 9.89 Å². The van der Waals surface area contributed by atoms with E-state index in [9.17, 15) is 19.8 Å². The van der Waals surface area contributed by atoms with E-state index in [0.29, 0.717) is 6.42 Å². The summed E-state index contributed by atoms with van der Waals surface area (Å²) in [6, 6.07) is -0.0132. The molecule has 3 heterocycles. The molecule has 46 heavy (non-hydrogen) atoms. The first kappa shape index (κ1) is 38.9. The minimum atomic E-state index is -1.68. The largest absolute Gasteiger partial charge is 0.459 e. The Kier molecular flexibility index (Phi) is 13.4. The van der Waals surface area contributed by atoms with E-state index in [1.165, 1.54) is 0 Å². The summed E-state index contributed by atoms with van der Waals surface area (Å²) in [5.41, 5.74) is -2.11. The number of rotatable bonds is 5. The van der Waals surface area contributed by atoms with Crippen LogP contribution in [0.3, 0.4) is 0 Å². The molecule has 0 aliphatic carbocycles. The third-order valence-electron chi connectivity index (χ3n) is 10.5. The summed E-state index contributed by atoms with van der Waals surface area (Å²) in [5, 5.41) is 23.8. The second kappa shape index (κ2) is 15.8. The number of aliphatic hydroxyl groups excluding tert-OH is 1. The van der Waals surface area contributed by atoms with Gasteiger partial charge in [0.2, 0.25) is 0 Å². The molecule has 12 heteroatoms. The normalized spacial score (nSPS) is 46.4. The van der Waals surface area contributed by atoms with E-state index < -0.39 is 71.7 Å². The number of aliphatic imine (C=N–C) groups is 1. The summed E-state index contributed by atoms with van der Waals surface area (Å²) < 4.78 is 37.8. The number of carbonyl (C=O) groups excluding carboxylic acids is 2. The number of carbonyl (C=O) groups is 2. The molecule has 0 radical (unpaired) electrons. The Morgan fingerprint density at radius 3 is 2.28 bits per heavy atom. The van der Waals surface area contributed by atoms with Crippen LogP contribution in [0.4, 0.5) is 0 Å². The molecule has 0 aromatic carbocycles. The van der Waals surface area contributed by atoms with E-state index in [0.717, 1.165) is 12.1 Å². The molecule has 14 atom stereocenters. The molecule has 0 saturated carbocycles. The number of hydrogen-bond acceptors (Lipinski definition) is 12. The van der Waals surface area contributed by atoms with Crippen molar-refractivity contribution in [1.29, 1.82) is 0 Å². The number of aliphatic hydroxyl groups is 2. The topological polar surface area (TPSA) is 146 Å². The highest BCUT2D eigenvalue weighted by molar-refractivity contribution is 5.89. The van der Waals surface area contributed by atoms with Gasteiger partial charge >= 0.3 is 5.97 Å². The average molecular weight is 657 g/mol. The molecule has 266 valence electrons. The predicted molar refractivity (Wildman–Crippen MR) is 173 cm³/mol. The van der Waals surface area contributed by atoms with Crippen molar-refractivity contribution in [2.45, 2.75) is 135 Å². The van der Waals surface area contributed by atoms with E-state index in [1.54, 1.807) is 41.9 Å². The molecule has 0 amide bonds. The van der Waals surface area contributed by atoms with Crippen molar-refractivity contribution in [1.82, 2.24) is 4.90 Å². The number of hydrogen-bond donors (Lipinski definition) is 2. The second-order valence-electron chi connectivity index (χ2n) is 14.5. The highest BCUT2D eigenvalue weighted by atomic mass is 16.7. The maximum absolute atomic E-state index is 13.6. The number of ether oxygens (including phenoxy) is 6. The van der Waals surface area contributed by atoms with Crippen molar-refractivity contribution in [3.63, 3.8) is 0 Å². The number of likely N-dealkylation sites (N-methyl/N-ethyl adjacent to an activating group) is 1. The Balaban J connectivity index is 2.24. The lowest BCUT2D eigenvalue weighted by Crippen LogP contribution is -2.61. The Morgan fingerprint density at radius 1 is 1.07 bits per heavy atom. The van der Waals surface area contributed by atoms with Crippen molar-refractivity contribution < 1.29 is 48.2 Å². The number of ketones is 1. The average Bonchev–Trinajstić information content (AvgIpc) is 3.00. The minimum absolute atomic E-state index is 0.0132. The molecular formula is C34H60N2O10.